The number of likely N-dealkylation sites (tertiary alicyclic amines) is 1. The molecule has 5 heteroatoms. The first-order chi connectivity index (χ1) is 10.2. The molecule has 1 saturated heterocycles. The van der Waals surface area contributed by atoms with Crippen LogP contribution in [0, 0.1) is 5.92 Å². The van der Waals surface area contributed by atoms with Gasteiger partial charge < -0.3 is 15.0 Å². The molecule has 1 aliphatic rings. The van der Waals surface area contributed by atoms with Gasteiger partial charge in [0.15, 0.2) is 5.96 Å². The Morgan fingerprint density at radius 2 is 2.19 bits per heavy atom. The maximum Gasteiger partial charge on any atom is 0.194 e. The summed E-state index contributed by atoms with van der Waals surface area (Å²) in [7, 11) is 1.77. The summed E-state index contributed by atoms with van der Waals surface area (Å²) < 4.78 is 6.36. The average Bonchev–Trinajstić information content (AvgIpc) is 2.94. The molecule has 21 heavy (non-hydrogen) atoms. The first-order valence-corrected chi connectivity index (χ1v) is 8.29. The Labute approximate surface area is 135 Å². The monoisotopic (exact) mass is 353 g/mol. The van der Waals surface area contributed by atoms with Crippen LogP contribution in [-0.4, -0.2) is 44.2 Å². The van der Waals surface area contributed by atoms with E-state index in [1.807, 2.05) is 0 Å². The number of aliphatic imine (C=N–C) groups is 1. The molecule has 1 N–H and O–H groups in total. The van der Waals surface area contributed by atoms with Gasteiger partial charge >= 0.3 is 0 Å². The molecule has 0 bridgehead atoms. The number of hydrogen-bond donors (Lipinski definition) is 1. The van der Waals surface area contributed by atoms with Crippen molar-refractivity contribution in [2.45, 2.75) is 19.9 Å². The molecule has 0 amide bonds. The summed E-state index contributed by atoms with van der Waals surface area (Å²) in [5.41, 5.74) is 1.22. The fourth-order valence-electron chi connectivity index (χ4n) is 2.58. The zero-order valence-electron chi connectivity index (χ0n) is 12.8. The lowest BCUT2D eigenvalue weighted by atomic mass is 10.1. The van der Waals surface area contributed by atoms with Gasteiger partial charge in [0.05, 0.1) is 13.2 Å². The highest BCUT2D eigenvalue weighted by Gasteiger charge is 2.24. The second-order valence-electron chi connectivity index (χ2n) is 5.35. The van der Waals surface area contributed by atoms with Crippen LogP contribution in [0.1, 0.15) is 18.9 Å². The van der Waals surface area contributed by atoms with Gasteiger partial charge in [-0.05, 0) is 31.0 Å². The highest BCUT2D eigenvalue weighted by atomic mass is 79.9. The first-order valence-electron chi connectivity index (χ1n) is 7.49. The number of ether oxygens (including phenoxy) is 1. The molecule has 1 heterocycles. The third kappa shape index (κ3) is 5.00. The second-order valence-corrected chi connectivity index (χ2v) is 6.27. The number of methoxy groups -OCH3 is 1. The fraction of sp³-hybridized carbons (Fsp3) is 0.562. The van der Waals surface area contributed by atoms with Gasteiger partial charge in [0, 0.05) is 37.1 Å². The molecule has 4 nitrogen and oxygen atoms in total. The van der Waals surface area contributed by atoms with E-state index in [9.17, 15) is 0 Å². The highest BCUT2D eigenvalue weighted by Crippen LogP contribution is 2.17. The van der Waals surface area contributed by atoms with Gasteiger partial charge in [-0.2, -0.15) is 0 Å². The Bertz CT molecular complexity index is 461. The molecular weight excluding hydrogens is 330 g/mol. The van der Waals surface area contributed by atoms with Gasteiger partial charge in [-0.1, -0.05) is 28.1 Å². The number of benzene rings is 1. The van der Waals surface area contributed by atoms with Crippen molar-refractivity contribution < 1.29 is 4.74 Å². The van der Waals surface area contributed by atoms with Crippen LogP contribution in [0.2, 0.25) is 0 Å². The molecule has 1 unspecified atom stereocenters. The summed E-state index contributed by atoms with van der Waals surface area (Å²) in [5, 5.41) is 3.39. The van der Waals surface area contributed by atoms with Crippen molar-refractivity contribution in [3.8, 4) is 0 Å². The molecule has 0 aromatic heterocycles. The van der Waals surface area contributed by atoms with Crippen molar-refractivity contribution >= 4 is 21.9 Å². The van der Waals surface area contributed by atoms with E-state index in [2.05, 4.69) is 57.3 Å². The normalized spacial score (nSPS) is 19.1. The summed E-state index contributed by atoms with van der Waals surface area (Å²) >= 11 is 3.46. The molecule has 0 radical (unpaired) electrons. The Kier molecular flexibility index (Phi) is 6.51. The summed E-state index contributed by atoms with van der Waals surface area (Å²) in [6.07, 6.45) is 1.18. The number of guanidine groups is 1. The predicted molar refractivity (Wildman–Crippen MR) is 90.5 cm³/mol. The Morgan fingerprint density at radius 1 is 1.43 bits per heavy atom. The minimum Gasteiger partial charge on any atom is -0.384 e. The molecule has 1 aromatic carbocycles. The lowest BCUT2D eigenvalue weighted by Crippen LogP contribution is -2.40. The van der Waals surface area contributed by atoms with Crippen LogP contribution >= 0.6 is 15.9 Å². The summed E-state index contributed by atoms with van der Waals surface area (Å²) in [5.74, 6) is 1.63. The van der Waals surface area contributed by atoms with E-state index in [-0.39, 0.29) is 0 Å². The first kappa shape index (κ1) is 16.3. The lowest BCUT2D eigenvalue weighted by molar-refractivity contribution is 0.157. The quantitative estimate of drug-likeness (QED) is 0.653. The van der Waals surface area contributed by atoms with Crippen molar-refractivity contribution in [3.05, 3.63) is 34.3 Å². The maximum atomic E-state index is 5.26. The summed E-state index contributed by atoms with van der Waals surface area (Å²) in [6.45, 7) is 6.63. The van der Waals surface area contributed by atoms with Gasteiger partial charge in [0.1, 0.15) is 0 Å². The zero-order valence-corrected chi connectivity index (χ0v) is 14.4. The number of nitrogens with one attached hydrogen (secondary N) is 1. The molecule has 116 valence electrons. The number of hydrogen-bond acceptors (Lipinski definition) is 2. The molecular formula is C16H24BrN3O. The average molecular weight is 354 g/mol. The second kappa shape index (κ2) is 8.39. The molecule has 1 aliphatic heterocycles. The standard InChI is InChI=1S/C16H24BrN3O/c1-3-18-16(20-9-8-14(11-20)12-21-2)19-10-13-4-6-15(17)7-5-13/h4-7,14H,3,8-12H2,1-2H3,(H,18,19). The van der Waals surface area contributed by atoms with E-state index < -0.39 is 0 Å². The predicted octanol–water partition coefficient (Wildman–Crippen LogP) is 2.88. The number of nitrogens with zero attached hydrogens (tertiary/aromatic N) is 2. The molecule has 1 aromatic rings. The topological polar surface area (TPSA) is 36.9 Å². The van der Waals surface area contributed by atoms with E-state index in [0.29, 0.717) is 12.5 Å². The van der Waals surface area contributed by atoms with Crippen molar-refractivity contribution in [2.24, 2.45) is 10.9 Å². The largest absolute Gasteiger partial charge is 0.384 e. The van der Waals surface area contributed by atoms with Gasteiger partial charge in [0.2, 0.25) is 0 Å². The van der Waals surface area contributed by atoms with Crippen LogP contribution < -0.4 is 5.32 Å². The molecule has 1 atom stereocenters. The zero-order chi connectivity index (χ0) is 15.1. The van der Waals surface area contributed by atoms with Crippen molar-refractivity contribution in [1.29, 1.82) is 0 Å². The highest BCUT2D eigenvalue weighted by molar-refractivity contribution is 9.10. The fourth-order valence-corrected chi connectivity index (χ4v) is 2.84. The summed E-state index contributed by atoms with van der Waals surface area (Å²) in [6, 6.07) is 8.33. The SMILES string of the molecule is CCNC(=NCc1ccc(Br)cc1)N1CCC(COC)C1. The molecule has 0 saturated carbocycles. The molecule has 1 fully saturated rings. The minimum atomic E-state index is 0.617. The van der Waals surface area contributed by atoms with Crippen LogP contribution in [0.15, 0.2) is 33.7 Å². The van der Waals surface area contributed by atoms with Gasteiger partial charge in [-0.15, -0.1) is 0 Å². The number of rotatable bonds is 5. The Hall–Kier alpha value is -1.07. The van der Waals surface area contributed by atoms with Crippen LogP contribution in [0.4, 0.5) is 0 Å². The molecule has 0 aliphatic carbocycles. The third-order valence-corrected chi connectivity index (χ3v) is 4.18. The van der Waals surface area contributed by atoms with Gasteiger partial charge in [-0.25, -0.2) is 4.99 Å². The van der Waals surface area contributed by atoms with E-state index in [1.54, 1.807) is 7.11 Å². The molecule has 0 spiro atoms. The van der Waals surface area contributed by atoms with Crippen LogP contribution in [0.5, 0.6) is 0 Å². The van der Waals surface area contributed by atoms with E-state index in [4.69, 9.17) is 9.73 Å². The third-order valence-electron chi connectivity index (χ3n) is 3.65. The van der Waals surface area contributed by atoms with E-state index in [0.717, 1.165) is 36.7 Å². The Balaban J connectivity index is 1.97. The van der Waals surface area contributed by atoms with Crippen molar-refractivity contribution in [1.82, 2.24) is 10.2 Å². The minimum absolute atomic E-state index is 0.617. The maximum absolute atomic E-state index is 5.26. The van der Waals surface area contributed by atoms with E-state index in [1.165, 1.54) is 12.0 Å². The van der Waals surface area contributed by atoms with Crippen LogP contribution in [0.3, 0.4) is 0 Å². The smallest absolute Gasteiger partial charge is 0.194 e. The lowest BCUT2D eigenvalue weighted by Gasteiger charge is -2.21. The van der Waals surface area contributed by atoms with Crippen molar-refractivity contribution in [3.63, 3.8) is 0 Å². The van der Waals surface area contributed by atoms with Crippen molar-refractivity contribution in [2.75, 3.05) is 33.4 Å². The van der Waals surface area contributed by atoms with Crippen LogP contribution in [0.25, 0.3) is 0 Å². The van der Waals surface area contributed by atoms with Gasteiger partial charge in [0.25, 0.3) is 0 Å². The van der Waals surface area contributed by atoms with Gasteiger partial charge in [-0.3, -0.25) is 0 Å². The van der Waals surface area contributed by atoms with Crippen LogP contribution in [-0.2, 0) is 11.3 Å². The summed E-state index contributed by atoms with van der Waals surface area (Å²) in [4.78, 5) is 7.10. The Morgan fingerprint density at radius 3 is 2.86 bits per heavy atom. The number of halogens is 1. The molecule has 2 rings (SSSR count). The van der Waals surface area contributed by atoms with E-state index >= 15 is 0 Å².